The van der Waals surface area contributed by atoms with Crippen molar-refractivity contribution in [3.63, 3.8) is 0 Å². The third kappa shape index (κ3) is 3.13. The molecule has 3 nitrogen and oxygen atoms in total. The predicted molar refractivity (Wildman–Crippen MR) is 72.3 cm³/mol. The Labute approximate surface area is 108 Å². The molecule has 0 aromatic heterocycles. The van der Waals surface area contributed by atoms with E-state index in [9.17, 15) is 4.79 Å². The highest BCUT2D eigenvalue weighted by molar-refractivity contribution is 6.33. The third-order valence-electron chi connectivity index (χ3n) is 3.14. The van der Waals surface area contributed by atoms with Crippen molar-refractivity contribution in [3.8, 4) is 0 Å². The molecule has 0 spiro atoms. The molecule has 0 bridgehead atoms. The van der Waals surface area contributed by atoms with Crippen LogP contribution >= 0.6 is 11.6 Å². The second-order valence-corrected chi connectivity index (χ2v) is 5.04. The van der Waals surface area contributed by atoms with Crippen LogP contribution in [0.5, 0.6) is 0 Å². The van der Waals surface area contributed by atoms with Gasteiger partial charge in [0.05, 0.1) is 10.7 Å². The van der Waals surface area contributed by atoms with Crippen molar-refractivity contribution in [2.45, 2.75) is 26.8 Å². The van der Waals surface area contributed by atoms with E-state index in [0.29, 0.717) is 22.2 Å². The Bertz CT molecular complexity index is 418. The van der Waals surface area contributed by atoms with Gasteiger partial charge in [0, 0.05) is 18.7 Å². The minimum Gasteiger partial charge on any atom is -0.398 e. The summed E-state index contributed by atoms with van der Waals surface area (Å²) in [6.45, 7) is 6.20. The number of nitrogen functional groups attached to an aromatic ring is 1. The zero-order chi connectivity index (χ0) is 13.2. The highest BCUT2D eigenvalue weighted by atomic mass is 35.5. The van der Waals surface area contributed by atoms with Gasteiger partial charge in [-0.05, 0) is 31.0 Å². The molecule has 1 atom stereocenters. The van der Waals surface area contributed by atoms with Gasteiger partial charge in [-0.25, -0.2) is 0 Å². The first kappa shape index (κ1) is 13.8. The summed E-state index contributed by atoms with van der Waals surface area (Å²) >= 11 is 5.91. The van der Waals surface area contributed by atoms with Crippen molar-refractivity contribution in [3.05, 3.63) is 28.8 Å². The van der Waals surface area contributed by atoms with Gasteiger partial charge in [-0.1, -0.05) is 25.4 Å². The van der Waals surface area contributed by atoms with E-state index >= 15 is 0 Å². The number of carbonyl (C=O) groups is 1. The van der Waals surface area contributed by atoms with Gasteiger partial charge in [0.15, 0.2) is 0 Å². The van der Waals surface area contributed by atoms with E-state index in [1.54, 1.807) is 30.1 Å². The summed E-state index contributed by atoms with van der Waals surface area (Å²) in [5, 5.41) is 0.418. The van der Waals surface area contributed by atoms with E-state index in [2.05, 4.69) is 13.8 Å². The van der Waals surface area contributed by atoms with Crippen LogP contribution in [0.3, 0.4) is 0 Å². The number of nitrogens with two attached hydrogens (primary N) is 1. The van der Waals surface area contributed by atoms with Crippen molar-refractivity contribution in [1.82, 2.24) is 4.90 Å². The van der Waals surface area contributed by atoms with Crippen LogP contribution in [0.4, 0.5) is 5.69 Å². The molecule has 1 unspecified atom stereocenters. The average molecular weight is 255 g/mol. The number of hydrogen-bond donors (Lipinski definition) is 1. The molecule has 1 aromatic rings. The van der Waals surface area contributed by atoms with E-state index < -0.39 is 0 Å². The number of anilines is 1. The molecule has 0 saturated heterocycles. The Hall–Kier alpha value is -1.22. The maximum absolute atomic E-state index is 12.2. The SMILES string of the molecule is CC(C)C(C)N(C)C(=O)c1ccc(N)c(Cl)c1. The molecule has 1 rings (SSSR count). The first-order valence-electron chi connectivity index (χ1n) is 5.66. The van der Waals surface area contributed by atoms with Gasteiger partial charge in [-0.3, -0.25) is 4.79 Å². The summed E-state index contributed by atoms with van der Waals surface area (Å²) in [4.78, 5) is 13.9. The normalized spacial score (nSPS) is 12.6. The lowest BCUT2D eigenvalue weighted by molar-refractivity contribution is 0.0707. The summed E-state index contributed by atoms with van der Waals surface area (Å²) in [6, 6.07) is 5.15. The average Bonchev–Trinajstić information content (AvgIpc) is 2.29. The zero-order valence-electron chi connectivity index (χ0n) is 10.7. The molecule has 1 amide bonds. The van der Waals surface area contributed by atoms with Gasteiger partial charge in [-0.15, -0.1) is 0 Å². The lowest BCUT2D eigenvalue weighted by Crippen LogP contribution is -2.38. The standard InChI is InChI=1S/C13H19ClN2O/c1-8(2)9(3)16(4)13(17)10-5-6-12(15)11(14)7-10/h5-9H,15H2,1-4H3. The van der Waals surface area contributed by atoms with E-state index in [1.165, 1.54) is 0 Å². The van der Waals surface area contributed by atoms with Gasteiger partial charge in [0.2, 0.25) is 0 Å². The second kappa shape index (κ2) is 5.41. The Morgan fingerprint density at radius 2 is 1.94 bits per heavy atom. The number of amides is 1. The summed E-state index contributed by atoms with van der Waals surface area (Å²) < 4.78 is 0. The molecule has 2 N–H and O–H groups in total. The molecule has 94 valence electrons. The van der Waals surface area contributed by atoms with Crippen LogP contribution < -0.4 is 5.73 Å². The van der Waals surface area contributed by atoms with Crippen LogP contribution in [0, 0.1) is 5.92 Å². The molecular weight excluding hydrogens is 236 g/mol. The van der Waals surface area contributed by atoms with Crippen molar-refractivity contribution in [2.24, 2.45) is 5.92 Å². The quantitative estimate of drug-likeness (QED) is 0.843. The van der Waals surface area contributed by atoms with Gasteiger partial charge in [0.1, 0.15) is 0 Å². The third-order valence-corrected chi connectivity index (χ3v) is 3.47. The molecular formula is C13H19ClN2O. The topological polar surface area (TPSA) is 46.3 Å². The number of halogens is 1. The lowest BCUT2D eigenvalue weighted by atomic mass is 10.0. The van der Waals surface area contributed by atoms with Crippen LogP contribution in [-0.2, 0) is 0 Å². The fraction of sp³-hybridized carbons (Fsp3) is 0.462. The number of hydrogen-bond acceptors (Lipinski definition) is 2. The number of carbonyl (C=O) groups excluding carboxylic acids is 1. The summed E-state index contributed by atoms with van der Waals surface area (Å²) in [5.41, 5.74) is 6.67. The fourth-order valence-electron chi connectivity index (χ4n) is 1.50. The van der Waals surface area contributed by atoms with Gasteiger partial charge in [0.25, 0.3) is 5.91 Å². The van der Waals surface area contributed by atoms with E-state index in [1.807, 2.05) is 6.92 Å². The van der Waals surface area contributed by atoms with Gasteiger partial charge >= 0.3 is 0 Å². The van der Waals surface area contributed by atoms with Crippen molar-refractivity contribution in [1.29, 1.82) is 0 Å². The molecule has 0 saturated carbocycles. The number of rotatable bonds is 3. The first-order chi connectivity index (χ1) is 7.84. The van der Waals surface area contributed by atoms with Crippen LogP contribution in [-0.4, -0.2) is 23.9 Å². The summed E-state index contributed by atoms with van der Waals surface area (Å²) in [7, 11) is 1.80. The van der Waals surface area contributed by atoms with Crippen LogP contribution in [0.25, 0.3) is 0 Å². The Kier molecular flexibility index (Phi) is 4.40. The molecule has 0 aliphatic carbocycles. The largest absolute Gasteiger partial charge is 0.398 e. The predicted octanol–water partition coefficient (Wildman–Crippen LogP) is 3.04. The van der Waals surface area contributed by atoms with E-state index in [4.69, 9.17) is 17.3 Å². The van der Waals surface area contributed by atoms with Gasteiger partial charge < -0.3 is 10.6 Å². The zero-order valence-corrected chi connectivity index (χ0v) is 11.5. The highest BCUT2D eigenvalue weighted by Gasteiger charge is 2.20. The van der Waals surface area contributed by atoms with Crippen LogP contribution in [0.1, 0.15) is 31.1 Å². The van der Waals surface area contributed by atoms with Crippen molar-refractivity contribution < 1.29 is 4.79 Å². The minimum atomic E-state index is -0.0342. The summed E-state index contributed by atoms with van der Waals surface area (Å²) in [6.07, 6.45) is 0. The smallest absolute Gasteiger partial charge is 0.253 e. The lowest BCUT2D eigenvalue weighted by Gasteiger charge is -2.28. The minimum absolute atomic E-state index is 0.0342. The molecule has 1 aromatic carbocycles. The molecule has 0 aliphatic rings. The monoisotopic (exact) mass is 254 g/mol. The molecule has 0 radical (unpaired) electrons. The Morgan fingerprint density at radius 3 is 2.41 bits per heavy atom. The highest BCUT2D eigenvalue weighted by Crippen LogP contribution is 2.21. The second-order valence-electron chi connectivity index (χ2n) is 4.64. The number of benzene rings is 1. The summed E-state index contributed by atoms with van der Waals surface area (Å²) in [5.74, 6) is 0.376. The van der Waals surface area contributed by atoms with Crippen molar-refractivity contribution >= 4 is 23.2 Å². The molecule has 0 fully saturated rings. The van der Waals surface area contributed by atoms with E-state index in [-0.39, 0.29) is 11.9 Å². The molecule has 0 heterocycles. The van der Waals surface area contributed by atoms with E-state index in [0.717, 1.165) is 0 Å². The molecule has 17 heavy (non-hydrogen) atoms. The van der Waals surface area contributed by atoms with Crippen LogP contribution in [0.2, 0.25) is 5.02 Å². The number of nitrogens with zero attached hydrogens (tertiary/aromatic N) is 1. The maximum atomic E-state index is 12.2. The fourth-order valence-corrected chi connectivity index (χ4v) is 1.68. The maximum Gasteiger partial charge on any atom is 0.253 e. The van der Waals surface area contributed by atoms with Crippen LogP contribution in [0.15, 0.2) is 18.2 Å². The Morgan fingerprint density at radius 1 is 1.35 bits per heavy atom. The molecule has 4 heteroatoms. The van der Waals surface area contributed by atoms with Crippen molar-refractivity contribution in [2.75, 3.05) is 12.8 Å². The molecule has 0 aliphatic heterocycles. The Balaban J connectivity index is 2.92. The van der Waals surface area contributed by atoms with Gasteiger partial charge in [-0.2, -0.15) is 0 Å². The first-order valence-corrected chi connectivity index (χ1v) is 6.04.